The van der Waals surface area contributed by atoms with Crippen LogP contribution in [0, 0.1) is 0 Å². The normalized spacial score (nSPS) is 11.8. The van der Waals surface area contributed by atoms with Gasteiger partial charge in [0.1, 0.15) is 0 Å². The van der Waals surface area contributed by atoms with Gasteiger partial charge in [0.25, 0.3) is 0 Å². The fourth-order valence-corrected chi connectivity index (χ4v) is 2.72. The number of hydrogen-bond donors (Lipinski definition) is 2. The van der Waals surface area contributed by atoms with E-state index in [0.29, 0.717) is 12.2 Å². The fraction of sp³-hybridized carbons (Fsp3) is 0.292. The molecule has 1 rings (SSSR count). The van der Waals surface area contributed by atoms with Gasteiger partial charge in [0.15, 0.2) is 5.78 Å². The number of nitrogens with zero attached hydrogens (tertiary/aromatic N) is 1. The third-order valence-electron chi connectivity index (χ3n) is 3.87. The average Bonchev–Trinajstić information content (AvgIpc) is 2.67. The Hall–Kier alpha value is -2.77. The van der Waals surface area contributed by atoms with Crippen LogP contribution in [-0.2, 0) is 9.59 Å². The Labute approximate surface area is 192 Å². The minimum absolute atomic E-state index is 0.0708. The zero-order valence-corrected chi connectivity index (χ0v) is 19.8. The second-order valence-corrected chi connectivity index (χ2v) is 7.86. The van der Waals surface area contributed by atoms with Crippen LogP contribution in [-0.4, -0.2) is 53.0 Å². The topological polar surface area (TPSA) is 94.9 Å². The molecule has 31 heavy (non-hydrogen) atoms. The van der Waals surface area contributed by atoms with Crippen LogP contribution >= 0.6 is 15.9 Å². The first-order valence-corrected chi connectivity index (χ1v) is 10.4. The zero-order valence-electron chi connectivity index (χ0n) is 18.2. The Morgan fingerprint density at radius 1 is 1.03 bits per heavy atom. The van der Waals surface area contributed by atoms with Crippen molar-refractivity contribution in [3.8, 4) is 0 Å². The van der Waals surface area contributed by atoms with Crippen LogP contribution in [0.5, 0.6) is 0 Å². The van der Waals surface area contributed by atoms with E-state index in [4.69, 9.17) is 10.2 Å². The Morgan fingerprint density at radius 2 is 1.58 bits per heavy atom. The van der Waals surface area contributed by atoms with Gasteiger partial charge in [-0.05, 0) is 64.1 Å². The number of hydrogen-bond acceptors (Lipinski definition) is 4. The molecule has 0 unspecified atom stereocenters. The molecule has 0 aromatic heterocycles. The molecule has 0 saturated carbocycles. The van der Waals surface area contributed by atoms with Gasteiger partial charge in [-0.2, -0.15) is 0 Å². The summed E-state index contributed by atoms with van der Waals surface area (Å²) < 4.78 is 0.983. The summed E-state index contributed by atoms with van der Waals surface area (Å²) in [6.45, 7) is 9.76. The van der Waals surface area contributed by atoms with E-state index in [-0.39, 0.29) is 5.78 Å². The van der Waals surface area contributed by atoms with Gasteiger partial charge in [-0.15, -0.1) is 6.58 Å². The van der Waals surface area contributed by atoms with Crippen molar-refractivity contribution in [2.75, 3.05) is 20.1 Å². The van der Waals surface area contributed by atoms with Crippen molar-refractivity contribution < 1.29 is 24.6 Å². The molecule has 168 valence electrons. The second kappa shape index (κ2) is 16.0. The Bertz CT molecular complexity index is 822. The van der Waals surface area contributed by atoms with E-state index in [1.54, 1.807) is 6.08 Å². The standard InChI is InChI=1S/C20H26BrNO.C4H4O4/c1-5-13-22(4)15-17(3)8-6-7-16(2)14-20(23)18-9-11-19(21)12-10-18;5-3(6)1-2-4(7)8/h5,8-12,14H,1,6-7,13,15H2,2-4H3;1-2H,(H,5,6)(H,7,8)/b16-14+,17-8+;2-1+. The largest absolute Gasteiger partial charge is 0.478 e. The summed E-state index contributed by atoms with van der Waals surface area (Å²) in [5.41, 5.74) is 3.19. The van der Waals surface area contributed by atoms with E-state index in [9.17, 15) is 14.4 Å². The predicted octanol–water partition coefficient (Wildman–Crippen LogP) is 5.13. The highest BCUT2D eigenvalue weighted by molar-refractivity contribution is 9.10. The number of carbonyl (C=O) groups is 3. The van der Waals surface area contributed by atoms with Crippen LogP contribution in [0.15, 0.2) is 76.8 Å². The molecule has 0 heterocycles. The number of allylic oxidation sites excluding steroid dienone is 3. The van der Waals surface area contributed by atoms with Crippen molar-refractivity contribution in [1.29, 1.82) is 0 Å². The summed E-state index contributed by atoms with van der Waals surface area (Å²) >= 11 is 3.38. The molecule has 0 spiro atoms. The van der Waals surface area contributed by atoms with Crippen LogP contribution < -0.4 is 0 Å². The summed E-state index contributed by atoms with van der Waals surface area (Å²) in [5, 5.41) is 15.6. The maximum Gasteiger partial charge on any atom is 0.328 e. The fourth-order valence-electron chi connectivity index (χ4n) is 2.46. The summed E-state index contributed by atoms with van der Waals surface area (Å²) in [4.78, 5) is 33.5. The highest BCUT2D eigenvalue weighted by atomic mass is 79.9. The molecule has 0 saturated heterocycles. The molecule has 0 radical (unpaired) electrons. The van der Waals surface area contributed by atoms with Crippen molar-refractivity contribution >= 4 is 33.7 Å². The van der Waals surface area contributed by atoms with Crippen LogP contribution in [0.4, 0.5) is 0 Å². The van der Waals surface area contributed by atoms with Gasteiger partial charge in [-0.1, -0.05) is 39.2 Å². The lowest BCUT2D eigenvalue weighted by Crippen LogP contribution is -2.20. The quantitative estimate of drug-likeness (QED) is 0.253. The number of benzene rings is 1. The van der Waals surface area contributed by atoms with Gasteiger partial charge in [-0.3, -0.25) is 9.69 Å². The second-order valence-electron chi connectivity index (χ2n) is 6.95. The summed E-state index contributed by atoms with van der Waals surface area (Å²) in [5.74, 6) is -2.44. The lowest BCUT2D eigenvalue weighted by molar-refractivity contribution is -0.134. The third kappa shape index (κ3) is 15.7. The first-order valence-electron chi connectivity index (χ1n) is 9.61. The number of ketones is 1. The number of halogens is 1. The molecule has 0 atom stereocenters. The number of aliphatic carboxylic acids is 2. The number of rotatable bonds is 11. The van der Waals surface area contributed by atoms with Crippen LogP contribution in [0.1, 0.15) is 37.0 Å². The van der Waals surface area contributed by atoms with Crippen molar-refractivity contribution in [3.05, 3.63) is 82.4 Å². The van der Waals surface area contributed by atoms with E-state index in [0.717, 1.165) is 41.5 Å². The molecule has 0 aliphatic heterocycles. The SMILES string of the molecule is C=CCN(C)C/C(C)=C/CC/C(C)=C/C(=O)c1ccc(Br)cc1.O=C(O)/C=C/C(=O)O. The van der Waals surface area contributed by atoms with E-state index in [1.165, 1.54) is 5.57 Å². The van der Waals surface area contributed by atoms with E-state index >= 15 is 0 Å². The monoisotopic (exact) mass is 491 g/mol. The summed E-state index contributed by atoms with van der Waals surface area (Å²) in [7, 11) is 2.08. The molecule has 1 aromatic rings. The summed E-state index contributed by atoms with van der Waals surface area (Å²) in [6.07, 6.45) is 8.89. The van der Waals surface area contributed by atoms with Gasteiger partial charge in [0.2, 0.25) is 0 Å². The lowest BCUT2D eigenvalue weighted by atomic mass is 10.1. The first-order chi connectivity index (χ1) is 14.5. The molecule has 2 N–H and O–H groups in total. The Kier molecular flexibility index (Phi) is 14.6. The molecule has 7 heteroatoms. The van der Waals surface area contributed by atoms with E-state index < -0.39 is 11.9 Å². The molecular formula is C24H30BrNO5. The molecule has 0 aliphatic rings. The number of carbonyl (C=O) groups excluding carboxylic acids is 1. The maximum absolute atomic E-state index is 12.2. The zero-order chi connectivity index (χ0) is 23.8. The van der Waals surface area contributed by atoms with E-state index in [1.807, 2.05) is 37.3 Å². The number of carboxylic acids is 2. The van der Waals surface area contributed by atoms with Gasteiger partial charge >= 0.3 is 11.9 Å². The van der Waals surface area contributed by atoms with Crippen LogP contribution in [0.25, 0.3) is 0 Å². The highest BCUT2D eigenvalue weighted by Crippen LogP contribution is 2.13. The van der Waals surface area contributed by atoms with Gasteiger partial charge in [-0.25, -0.2) is 9.59 Å². The van der Waals surface area contributed by atoms with Crippen molar-refractivity contribution in [3.63, 3.8) is 0 Å². The number of likely N-dealkylation sites (N-methyl/N-ethyl adjacent to an activating group) is 1. The maximum atomic E-state index is 12.2. The molecular weight excluding hydrogens is 462 g/mol. The van der Waals surface area contributed by atoms with Crippen LogP contribution in [0.3, 0.4) is 0 Å². The highest BCUT2D eigenvalue weighted by Gasteiger charge is 2.03. The first kappa shape index (κ1) is 28.2. The Balaban J connectivity index is 0.000000954. The molecule has 0 aliphatic carbocycles. The lowest BCUT2D eigenvalue weighted by Gasteiger charge is -2.14. The minimum atomic E-state index is -1.26. The summed E-state index contributed by atoms with van der Waals surface area (Å²) in [6, 6.07) is 7.47. The Morgan fingerprint density at radius 3 is 2.06 bits per heavy atom. The minimum Gasteiger partial charge on any atom is -0.478 e. The van der Waals surface area contributed by atoms with E-state index in [2.05, 4.69) is 47.5 Å². The van der Waals surface area contributed by atoms with Gasteiger partial charge < -0.3 is 10.2 Å². The van der Waals surface area contributed by atoms with Crippen molar-refractivity contribution in [2.45, 2.75) is 26.7 Å². The average molecular weight is 492 g/mol. The molecule has 0 fully saturated rings. The predicted molar refractivity (Wildman–Crippen MR) is 127 cm³/mol. The van der Waals surface area contributed by atoms with Crippen molar-refractivity contribution in [2.24, 2.45) is 0 Å². The van der Waals surface area contributed by atoms with Crippen LogP contribution in [0.2, 0.25) is 0 Å². The van der Waals surface area contributed by atoms with Gasteiger partial charge in [0, 0.05) is 35.3 Å². The smallest absolute Gasteiger partial charge is 0.328 e. The molecule has 6 nitrogen and oxygen atoms in total. The van der Waals surface area contributed by atoms with Crippen molar-refractivity contribution in [1.82, 2.24) is 4.90 Å². The molecule has 1 aromatic carbocycles. The molecule has 0 amide bonds. The molecule has 0 bridgehead atoms. The third-order valence-corrected chi connectivity index (χ3v) is 4.39. The number of carboxylic acid groups (broad SMARTS) is 2. The van der Waals surface area contributed by atoms with Gasteiger partial charge in [0.05, 0.1) is 0 Å².